The molecule has 1 saturated carbocycles. The number of hydrogen-bond donors (Lipinski definition) is 1. The molecule has 5 heteroatoms. The van der Waals surface area contributed by atoms with Gasteiger partial charge in [-0.25, -0.2) is 9.78 Å². The number of benzene rings is 2. The van der Waals surface area contributed by atoms with Gasteiger partial charge < -0.3 is 9.67 Å². The fraction of sp³-hybridized carbons (Fsp3) is 0.208. The molecular formula is C24H21N3O2. The number of pyridine rings is 1. The van der Waals surface area contributed by atoms with Crippen LogP contribution in [0, 0.1) is 0 Å². The number of carboxylic acid groups (broad SMARTS) is 1. The van der Waals surface area contributed by atoms with Crippen molar-refractivity contribution in [1.82, 2.24) is 14.5 Å². The maximum atomic E-state index is 11.4. The van der Waals surface area contributed by atoms with Gasteiger partial charge in [0.15, 0.2) is 0 Å². The number of rotatable bonds is 4. The second-order valence-corrected chi connectivity index (χ2v) is 7.57. The fourth-order valence-electron chi connectivity index (χ4n) is 4.32. The summed E-state index contributed by atoms with van der Waals surface area (Å²) in [4.78, 5) is 20.3. The quantitative estimate of drug-likeness (QED) is 0.500. The lowest BCUT2D eigenvalue weighted by Gasteiger charge is -2.17. The molecule has 4 aromatic rings. The number of carbonyl (C=O) groups is 1. The van der Waals surface area contributed by atoms with Crippen LogP contribution in [-0.2, 0) is 0 Å². The number of imidazole rings is 1. The van der Waals surface area contributed by atoms with Crippen LogP contribution >= 0.6 is 0 Å². The van der Waals surface area contributed by atoms with Crippen LogP contribution in [0.4, 0.5) is 0 Å². The first-order chi connectivity index (χ1) is 14.2. The molecule has 0 bridgehead atoms. The predicted molar refractivity (Wildman–Crippen MR) is 113 cm³/mol. The summed E-state index contributed by atoms with van der Waals surface area (Å²) in [7, 11) is 0. The molecule has 0 aliphatic heterocycles. The molecule has 0 amide bonds. The minimum absolute atomic E-state index is 0.271. The van der Waals surface area contributed by atoms with Gasteiger partial charge in [0.05, 0.1) is 16.6 Å². The number of fused-ring (bicyclic) bond motifs is 1. The van der Waals surface area contributed by atoms with E-state index in [1.165, 1.54) is 12.8 Å². The van der Waals surface area contributed by atoms with Gasteiger partial charge in [0.25, 0.3) is 0 Å². The SMILES string of the molecule is O=C(O)c1ccc2c(c1)nc(-c1ccc(-c3ccncc3)cc1)n2C1CCCC1. The lowest BCUT2D eigenvalue weighted by molar-refractivity contribution is 0.0697. The Morgan fingerprint density at radius 3 is 2.24 bits per heavy atom. The summed E-state index contributed by atoms with van der Waals surface area (Å²) in [6.45, 7) is 0. The minimum Gasteiger partial charge on any atom is -0.478 e. The van der Waals surface area contributed by atoms with Crippen LogP contribution in [0.3, 0.4) is 0 Å². The number of hydrogen-bond acceptors (Lipinski definition) is 3. The van der Waals surface area contributed by atoms with Crippen molar-refractivity contribution in [3.8, 4) is 22.5 Å². The van der Waals surface area contributed by atoms with Crippen LogP contribution in [0.2, 0.25) is 0 Å². The maximum Gasteiger partial charge on any atom is 0.335 e. The molecule has 1 fully saturated rings. The van der Waals surface area contributed by atoms with Crippen molar-refractivity contribution in [2.45, 2.75) is 31.7 Å². The van der Waals surface area contributed by atoms with E-state index >= 15 is 0 Å². The molecule has 1 aliphatic rings. The minimum atomic E-state index is -0.925. The van der Waals surface area contributed by atoms with E-state index in [1.807, 2.05) is 18.2 Å². The van der Waals surface area contributed by atoms with Crippen LogP contribution < -0.4 is 0 Å². The Labute approximate surface area is 168 Å². The third-order valence-electron chi connectivity index (χ3n) is 5.78. The summed E-state index contributed by atoms with van der Waals surface area (Å²) in [5.74, 6) is -0.0127. The second kappa shape index (κ2) is 7.17. The van der Waals surface area contributed by atoms with E-state index in [9.17, 15) is 9.90 Å². The molecule has 1 aliphatic carbocycles. The monoisotopic (exact) mass is 383 g/mol. The standard InChI is InChI=1S/C24H21N3O2/c28-24(29)19-9-10-22-21(15-19)26-23(27(22)20-3-1-2-4-20)18-7-5-16(6-8-18)17-11-13-25-14-12-17/h5-15,20H,1-4H2,(H,28,29). The largest absolute Gasteiger partial charge is 0.478 e. The third-order valence-corrected chi connectivity index (χ3v) is 5.78. The molecule has 0 atom stereocenters. The van der Waals surface area contributed by atoms with Gasteiger partial charge in [-0.2, -0.15) is 0 Å². The van der Waals surface area contributed by atoms with E-state index in [0.717, 1.165) is 46.4 Å². The average molecular weight is 383 g/mol. The molecule has 2 aromatic heterocycles. The topological polar surface area (TPSA) is 68.0 Å². The Kier molecular flexibility index (Phi) is 4.35. The molecular weight excluding hydrogens is 362 g/mol. The smallest absolute Gasteiger partial charge is 0.335 e. The van der Waals surface area contributed by atoms with Crippen molar-refractivity contribution in [2.75, 3.05) is 0 Å². The third kappa shape index (κ3) is 3.18. The Hall–Kier alpha value is -3.47. The first kappa shape index (κ1) is 17.6. The highest BCUT2D eigenvalue weighted by atomic mass is 16.4. The van der Waals surface area contributed by atoms with Crippen LogP contribution in [0.15, 0.2) is 67.0 Å². The number of carboxylic acids is 1. The van der Waals surface area contributed by atoms with Gasteiger partial charge in [0.1, 0.15) is 5.82 Å². The van der Waals surface area contributed by atoms with Crippen molar-refractivity contribution in [3.05, 3.63) is 72.6 Å². The molecule has 0 saturated heterocycles. The van der Waals surface area contributed by atoms with Crippen molar-refractivity contribution < 1.29 is 9.90 Å². The van der Waals surface area contributed by atoms with Gasteiger partial charge in [-0.3, -0.25) is 4.98 Å². The zero-order valence-electron chi connectivity index (χ0n) is 16.0. The van der Waals surface area contributed by atoms with E-state index in [-0.39, 0.29) is 5.56 Å². The Balaban J connectivity index is 1.63. The lowest BCUT2D eigenvalue weighted by Crippen LogP contribution is -2.06. The normalized spacial score (nSPS) is 14.5. The summed E-state index contributed by atoms with van der Waals surface area (Å²) in [5.41, 5.74) is 5.32. The Morgan fingerprint density at radius 1 is 0.897 bits per heavy atom. The van der Waals surface area contributed by atoms with Crippen LogP contribution in [0.1, 0.15) is 42.1 Å². The van der Waals surface area contributed by atoms with E-state index in [2.05, 4.69) is 33.8 Å². The molecule has 1 N–H and O–H groups in total. The zero-order chi connectivity index (χ0) is 19.8. The van der Waals surface area contributed by atoms with Gasteiger partial charge in [-0.15, -0.1) is 0 Å². The van der Waals surface area contributed by atoms with Gasteiger partial charge in [0.2, 0.25) is 0 Å². The maximum absolute atomic E-state index is 11.4. The Bertz CT molecular complexity index is 1170. The highest BCUT2D eigenvalue weighted by Gasteiger charge is 2.24. The first-order valence-electron chi connectivity index (χ1n) is 9.97. The van der Waals surface area contributed by atoms with Crippen LogP contribution in [0.25, 0.3) is 33.5 Å². The molecule has 0 unspecified atom stereocenters. The fourth-order valence-corrected chi connectivity index (χ4v) is 4.32. The predicted octanol–water partition coefficient (Wildman–Crippen LogP) is 5.58. The molecule has 144 valence electrons. The van der Waals surface area contributed by atoms with Crippen LogP contribution in [0.5, 0.6) is 0 Å². The lowest BCUT2D eigenvalue weighted by atomic mass is 10.0. The summed E-state index contributed by atoms with van der Waals surface area (Å²) in [5, 5.41) is 9.35. The highest BCUT2D eigenvalue weighted by molar-refractivity contribution is 5.93. The van der Waals surface area contributed by atoms with E-state index in [4.69, 9.17) is 4.98 Å². The Morgan fingerprint density at radius 2 is 1.55 bits per heavy atom. The van der Waals surface area contributed by atoms with Crippen molar-refractivity contribution in [3.63, 3.8) is 0 Å². The average Bonchev–Trinajstić information content (AvgIpc) is 3.41. The van der Waals surface area contributed by atoms with Crippen LogP contribution in [-0.4, -0.2) is 25.6 Å². The summed E-state index contributed by atoms with van der Waals surface area (Å²) >= 11 is 0. The molecule has 0 spiro atoms. The summed E-state index contributed by atoms with van der Waals surface area (Å²) in [6, 6.07) is 18.1. The molecule has 0 radical (unpaired) electrons. The molecule has 5 rings (SSSR count). The van der Waals surface area contributed by atoms with E-state index in [0.29, 0.717) is 6.04 Å². The number of aromatic nitrogens is 3. The highest BCUT2D eigenvalue weighted by Crippen LogP contribution is 2.37. The molecule has 29 heavy (non-hydrogen) atoms. The molecule has 2 heterocycles. The zero-order valence-corrected chi connectivity index (χ0v) is 16.0. The first-order valence-corrected chi connectivity index (χ1v) is 9.97. The molecule has 2 aromatic carbocycles. The van der Waals surface area contributed by atoms with Crippen molar-refractivity contribution in [2.24, 2.45) is 0 Å². The number of aromatic carboxylic acids is 1. The van der Waals surface area contributed by atoms with Gasteiger partial charge >= 0.3 is 5.97 Å². The van der Waals surface area contributed by atoms with Gasteiger partial charge in [-0.05, 0) is 54.3 Å². The van der Waals surface area contributed by atoms with E-state index < -0.39 is 5.97 Å². The van der Waals surface area contributed by atoms with Crippen molar-refractivity contribution >= 4 is 17.0 Å². The number of nitrogens with zero attached hydrogens (tertiary/aromatic N) is 3. The van der Waals surface area contributed by atoms with Gasteiger partial charge in [0, 0.05) is 24.0 Å². The van der Waals surface area contributed by atoms with Crippen molar-refractivity contribution in [1.29, 1.82) is 0 Å². The van der Waals surface area contributed by atoms with Gasteiger partial charge in [-0.1, -0.05) is 37.1 Å². The summed E-state index contributed by atoms with van der Waals surface area (Å²) < 4.78 is 2.31. The van der Waals surface area contributed by atoms with E-state index in [1.54, 1.807) is 24.5 Å². The second-order valence-electron chi connectivity index (χ2n) is 7.57. The molecule has 5 nitrogen and oxygen atoms in total. The summed E-state index contributed by atoms with van der Waals surface area (Å²) in [6.07, 6.45) is 8.30.